The summed E-state index contributed by atoms with van der Waals surface area (Å²) in [5, 5.41) is 12.4. The molecule has 2 N–H and O–H groups in total. The molecule has 0 aromatic carbocycles. The number of rotatable bonds is 14. The Balaban J connectivity index is 5.57. The third-order valence-electron chi connectivity index (χ3n) is 3.20. The number of alkyl carbamates (subject to hydrolysis) is 1. The Morgan fingerprint density at radius 3 is 1.93 bits per heavy atom. The predicted molar refractivity (Wildman–Crippen MR) is 99.3 cm³/mol. The van der Waals surface area contributed by atoms with Gasteiger partial charge in [0, 0.05) is 21.3 Å². The van der Waals surface area contributed by atoms with Gasteiger partial charge in [0.1, 0.15) is 44.3 Å². The van der Waals surface area contributed by atoms with E-state index in [9.17, 15) is 9.90 Å². The van der Waals surface area contributed by atoms with Crippen molar-refractivity contribution in [1.82, 2.24) is 5.32 Å². The van der Waals surface area contributed by atoms with Gasteiger partial charge in [-0.05, 0) is 20.8 Å². The van der Waals surface area contributed by atoms with Crippen molar-refractivity contribution < 1.29 is 43.1 Å². The van der Waals surface area contributed by atoms with Crippen LogP contribution in [0.3, 0.4) is 0 Å². The molecule has 1 amide bonds. The molecule has 0 unspecified atom stereocenters. The van der Waals surface area contributed by atoms with E-state index in [1.54, 1.807) is 20.8 Å². The van der Waals surface area contributed by atoms with Crippen LogP contribution in [0.5, 0.6) is 0 Å². The highest BCUT2D eigenvalue weighted by molar-refractivity contribution is 5.68. The number of aliphatic hydroxyl groups is 1. The number of terminal acetylenes is 1. The Morgan fingerprint density at radius 2 is 1.50 bits per heavy atom. The maximum Gasteiger partial charge on any atom is 0.408 e. The summed E-state index contributed by atoms with van der Waals surface area (Å²) in [6.45, 7) is 4.30. The molecular weight excluding hydrogens is 374 g/mol. The third-order valence-corrected chi connectivity index (χ3v) is 3.20. The molecule has 0 saturated heterocycles. The Bertz CT molecular complexity index is 461. The molecule has 4 atom stereocenters. The molecular formula is C18H33NO9. The minimum absolute atomic E-state index is 0.0952. The molecule has 0 bridgehead atoms. The lowest BCUT2D eigenvalue weighted by atomic mass is 10.0. The van der Waals surface area contributed by atoms with E-state index in [0.717, 1.165) is 0 Å². The number of carbonyl (C=O) groups is 1. The molecule has 0 aliphatic heterocycles. The zero-order chi connectivity index (χ0) is 21.6. The lowest BCUT2D eigenvalue weighted by Gasteiger charge is -2.35. The van der Waals surface area contributed by atoms with Crippen molar-refractivity contribution in [3.63, 3.8) is 0 Å². The molecule has 0 aliphatic rings. The highest BCUT2D eigenvalue weighted by Crippen LogP contribution is 2.17. The Hall–Kier alpha value is -1.45. The van der Waals surface area contributed by atoms with Crippen LogP contribution in [-0.2, 0) is 33.2 Å². The molecule has 0 spiro atoms. The van der Waals surface area contributed by atoms with Gasteiger partial charge < -0.3 is 43.6 Å². The summed E-state index contributed by atoms with van der Waals surface area (Å²) in [6.07, 6.45) is 2.02. The van der Waals surface area contributed by atoms with Crippen molar-refractivity contribution in [1.29, 1.82) is 0 Å². The quantitative estimate of drug-likeness (QED) is 0.313. The molecule has 10 heteroatoms. The van der Waals surface area contributed by atoms with Gasteiger partial charge in [-0.25, -0.2) is 4.79 Å². The van der Waals surface area contributed by atoms with Gasteiger partial charge in [-0.1, -0.05) is 5.92 Å². The summed E-state index contributed by atoms with van der Waals surface area (Å²) < 4.78 is 36.8. The molecule has 28 heavy (non-hydrogen) atoms. The summed E-state index contributed by atoms with van der Waals surface area (Å²) in [6, 6.07) is -0.936. The van der Waals surface area contributed by atoms with Crippen molar-refractivity contribution in [3.05, 3.63) is 0 Å². The fourth-order valence-electron chi connectivity index (χ4n) is 2.16. The monoisotopic (exact) mass is 407 g/mol. The first-order valence-electron chi connectivity index (χ1n) is 8.62. The van der Waals surface area contributed by atoms with E-state index in [1.807, 2.05) is 0 Å². The van der Waals surface area contributed by atoms with Gasteiger partial charge in [-0.2, -0.15) is 0 Å². The fraction of sp³-hybridized carbons (Fsp3) is 0.833. The highest BCUT2D eigenvalue weighted by atomic mass is 16.7. The molecule has 0 saturated carbocycles. The first-order valence-corrected chi connectivity index (χ1v) is 8.62. The largest absolute Gasteiger partial charge is 0.444 e. The Morgan fingerprint density at radius 1 is 1.00 bits per heavy atom. The smallest absolute Gasteiger partial charge is 0.408 e. The van der Waals surface area contributed by atoms with Crippen LogP contribution >= 0.6 is 0 Å². The molecule has 0 aromatic heterocycles. The average molecular weight is 407 g/mol. The zero-order valence-electron chi connectivity index (χ0n) is 17.4. The number of methoxy groups -OCH3 is 3. The molecule has 0 rings (SSSR count). The second kappa shape index (κ2) is 14.5. The Kier molecular flexibility index (Phi) is 13.8. The van der Waals surface area contributed by atoms with Gasteiger partial charge in [-0.15, -0.1) is 6.42 Å². The Labute approximate surface area is 166 Å². The number of ether oxygens (including phenoxy) is 7. The van der Waals surface area contributed by atoms with Crippen molar-refractivity contribution in [3.8, 4) is 12.3 Å². The predicted octanol–water partition coefficient (Wildman–Crippen LogP) is 0.473. The highest BCUT2D eigenvalue weighted by Gasteiger charge is 2.38. The summed E-state index contributed by atoms with van der Waals surface area (Å²) >= 11 is 0. The molecule has 0 heterocycles. The minimum atomic E-state index is -0.953. The molecule has 0 fully saturated rings. The first-order chi connectivity index (χ1) is 13.2. The molecule has 0 aromatic rings. The topological polar surface area (TPSA) is 114 Å². The van der Waals surface area contributed by atoms with E-state index in [2.05, 4.69) is 11.2 Å². The van der Waals surface area contributed by atoms with Crippen LogP contribution < -0.4 is 5.32 Å². The standard InChI is InChI=1S/C18H33NO9/c1-8-14(25-10-22-5)16(27-12-24-7)15(26-11-23-6)13(9-20)19-17(21)28-18(2,3)4/h1,13-16,20H,9-12H2,2-7H3,(H,19,21)/t13-,14-,15-,16-/m0/s1. The summed E-state index contributed by atoms with van der Waals surface area (Å²) in [5.41, 5.74) is -0.720. The van der Waals surface area contributed by atoms with E-state index in [4.69, 9.17) is 39.6 Å². The van der Waals surface area contributed by atoms with E-state index >= 15 is 0 Å². The second-order valence-corrected chi connectivity index (χ2v) is 6.67. The van der Waals surface area contributed by atoms with E-state index in [1.165, 1.54) is 21.3 Å². The van der Waals surface area contributed by atoms with Crippen molar-refractivity contribution >= 4 is 6.09 Å². The van der Waals surface area contributed by atoms with Crippen LogP contribution in [0.1, 0.15) is 20.8 Å². The summed E-state index contributed by atoms with van der Waals surface area (Å²) in [5.74, 6) is 2.44. The SMILES string of the molecule is C#C[C@H](OCOC)[C@H](OCOC)[C@@H](OCOC)[C@H](CO)NC(=O)OC(C)(C)C. The lowest BCUT2D eigenvalue weighted by Crippen LogP contribution is -2.56. The summed E-state index contributed by atoms with van der Waals surface area (Å²) in [4.78, 5) is 12.2. The van der Waals surface area contributed by atoms with Crippen molar-refractivity contribution in [2.24, 2.45) is 0 Å². The van der Waals surface area contributed by atoms with Crippen LogP contribution in [0.15, 0.2) is 0 Å². The van der Waals surface area contributed by atoms with Gasteiger partial charge in [0.15, 0.2) is 0 Å². The number of carbonyl (C=O) groups excluding carboxylic acids is 1. The molecule has 0 aliphatic carbocycles. The van der Waals surface area contributed by atoms with Crippen LogP contribution in [0, 0.1) is 12.3 Å². The molecule has 164 valence electrons. The second-order valence-electron chi connectivity index (χ2n) is 6.67. The van der Waals surface area contributed by atoms with E-state index in [0.29, 0.717) is 0 Å². The lowest BCUT2D eigenvalue weighted by molar-refractivity contribution is -0.203. The van der Waals surface area contributed by atoms with Gasteiger partial charge in [0.25, 0.3) is 0 Å². The third kappa shape index (κ3) is 10.8. The van der Waals surface area contributed by atoms with Gasteiger partial charge in [0.05, 0.1) is 12.6 Å². The molecule has 0 radical (unpaired) electrons. The first kappa shape index (κ1) is 26.6. The minimum Gasteiger partial charge on any atom is -0.444 e. The van der Waals surface area contributed by atoms with Gasteiger partial charge >= 0.3 is 6.09 Å². The number of hydrogen-bond donors (Lipinski definition) is 2. The maximum absolute atomic E-state index is 12.2. The maximum atomic E-state index is 12.2. The number of hydrogen-bond acceptors (Lipinski definition) is 9. The van der Waals surface area contributed by atoms with E-state index < -0.39 is 42.7 Å². The summed E-state index contributed by atoms with van der Waals surface area (Å²) in [7, 11) is 4.31. The van der Waals surface area contributed by atoms with E-state index in [-0.39, 0.29) is 20.4 Å². The van der Waals surface area contributed by atoms with Crippen molar-refractivity contribution in [2.45, 2.75) is 50.7 Å². The van der Waals surface area contributed by atoms with Crippen LogP contribution in [0.25, 0.3) is 0 Å². The number of nitrogens with one attached hydrogen (secondary N) is 1. The van der Waals surface area contributed by atoms with Crippen molar-refractivity contribution in [2.75, 3.05) is 48.3 Å². The fourth-order valence-corrected chi connectivity index (χ4v) is 2.16. The number of amides is 1. The molecule has 10 nitrogen and oxygen atoms in total. The average Bonchev–Trinajstić information content (AvgIpc) is 2.63. The van der Waals surface area contributed by atoms with Crippen LogP contribution in [0.2, 0.25) is 0 Å². The van der Waals surface area contributed by atoms with Crippen LogP contribution in [0.4, 0.5) is 4.79 Å². The van der Waals surface area contributed by atoms with Crippen LogP contribution in [-0.4, -0.2) is 89.5 Å². The van der Waals surface area contributed by atoms with Gasteiger partial charge in [-0.3, -0.25) is 0 Å². The normalized spacial score (nSPS) is 15.9. The van der Waals surface area contributed by atoms with Gasteiger partial charge in [0.2, 0.25) is 0 Å². The number of aliphatic hydroxyl groups excluding tert-OH is 1. The zero-order valence-corrected chi connectivity index (χ0v) is 17.4.